The molecule has 0 aromatic rings. The lowest BCUT2D eigenvalue weighted by atomic mass is 9.83. The molecule has 1 amide bonds. The lowest BCUT2D eigenvalue weighted by Crippen LogP contribution is -2.51. The molecule has 1 atom stereocenters. The molecule has 0 spiro atoms. The first-order valence-electron chi connectivity index (χ1n) is 5.73. The number of carboxylic acids is 1. The van der Waals surface area contributed by atoms with Crippen molar-refractivity contribution in [2.24, 2.45) is 5.92 Å². The SMILES string of the molecule is O=C(O)[C@@H]1CCCCN1C(=O)C1CCC1. The molecule has 2 aliphatic rings. The zero-order chi connectivity index (χ0) is 10.8. The zero-order valence-corrected chi connectivity index (χ0v) is 8.82. The van der Waals surface area contributed by atoms with Crippen LogP contribution in [0.2, 0.25) is 0 Å². The highest BCUT2D eigenvalue weighted by Crippen LogP contribution is 2.30. The molecule has 2 rings (SSSR count). The standard InChI is InChI=1S/C11H17NO3/c13-10(8-4-3-5-8)12-7-2-1-6-9(12)11(14)15/h8-9H,1-7H2,(H,14,15)/t9-/m0/s1. The monoisotopic (exact) mass is 211 g/mol. The van der Waals surface area contributed by atoms with Gasteiger partial charge in [0.05, 0.1) is 0 Å². The van der Waals surface area contributed by atoms with Crippen LogP contribution in [0, 0.1) is 5.92 Å². The Balaban J connectivity index is 2.03. The third kappa shape index (κ3) is 1.98. The van der Waals surface area contributed by atoms with Gasteiger partial charge in [-0.25, -0.2) is 4.79 Å². The molecule has 1 heterocycles. The molecule has 1 aliphatic heterocycles. The number of nitrogens with zero attached hydrogens (tertiary/aromatic N) is 1. The van der Waals surface area contributed by atoms with E-state index < -0.39 is 12.0 Å². The van der Waals surface area contributed by atoms with E-state index in [4.69, 9.17) is 5.11 Å². The summed E-state index contributed by atoms with van der Waals surface area (Å²) in [6.45, 7) is 0.631. The van der Waals surface area contributed by atoms with Gasteiger partial charge < -0.3 is 10.0 Å². The Kier molecular flexibility index (Phi) is 2.93. The maximum Gasteiger partial charge on any atom is 0.326 e. The second kappa shape index (κ2) is 4.21. The van der Waals surface area contributed by atoms with Gasteiger partial charge in [-0.15, -0.1) is 0 Å². The average molecular weight is 211 g/mol. The smallest absolute Gasteiger partial charge is 0.326 e. The lowest BCUT2D eigenvalue weighted by molar-refractivity contribution is -0.155. The first kappa shape index (κ1) is 10.5. The normalized spacial score (nSPS) is 27.2. The van der Waals surface area contributed by atoms with E-state index in [2.05, 4.69) is 0 Å². The molecule has 0 unspecified atom stereocenters. The molecule has 1 aliphatic carbocycles. The fourth-order valence-corrected chi connectivity index (χ4v) is 2.34. The molecule has 4 heteroatoms. The summed E-state index contributed by atoms with van der Waals surface area (Å²) in [4.78, 5) is 24.6. The molecule has 15 heavy (non-hydrogen) atoms. The molecular formula is C11H17NO3. The maximum atomic E-state index is 12.0. The number of amides is 1. The van der Waals surface area contributed by atoms with Crippen LogP contribution in [-0.2, 0) is 9.59 Å². The molecule has 1 N–H and O–H groups in total. The summed E-state index contributed by atoms with van der Waals surface area (Å²) in [5, 5.41) is 9.04. The van der Waals surface area contributed by atoms with Crippen molar-refractivity contribution in [1.82, 2.24) is 4.90 Å². The van der Waals surface area contributed by atoms with Gasteiger partial charge in [-0.1, -0.05) is 6.42 Å². The van der Waals surface area contributed by atoms with E-state index in [-0.39, 0.29) is 11.8 Å². The molecular weight excluding hydrogens is 194 g/mol. The quantitative estimate of drug-likeness (QED) is 0.748. The van der Waals surface area contributed by atoms with Gasteiger partial charge in [0.15, 0.2) is 0 Å². The Morgan fingerprint density at radius 3 is 2.33 bits per heavy atom. The van der Waals surface area contributed by atoms with Gasteiger partial charge in [0.25, 0.3) is 0 Å². The van der Waals surface area contributed by atoms with Crippen molar-refractivity contribution in [2.75, 3.05) is 6.54 Å². The van der Waals surface area contributed by atoms with Crippen molar-refractivity contribution in [3.63, 3.8) is 0 Å². The van der Waals surface area contributed by atoms with E-state index in [0.717, 1.165) is 32.1 Å². The molecule has 84 valence electrons. The highest BCUT2D eigenvalue weighted by atomic mass is 16.4. The number of carboxylic acid groups (broad SMARTS) is 1. The van der Waals surface area contributed by atoms with Gasteiger partial charge in [-0.05, 0) is 32.1 Å². The van der Waals surface area contributed by atoms with Crippen molar-refractivity contribution in [3.05, 3.63) is 0 Å². The van der Waals surface area contributed by atoms with Gasteiger partial charge in [-0.3, -0.25) is 4.79 Å². The van der Waals surface area contributed by atoms with Gasteiger partial charge in [0.2, 0.25) is 5.91 Å². The number of rotatable bonds is 2. The highest BCUT2D eigenvalue weighted by Gasteiger charge is 2.37. The fourth-order valence-electron chi connectivity index (χ4n) is 2.34. The number of likely N-dealkylation sites (tertiary alicyclic amines) is 1. The topological polar surface area (TPSA) is 57.6 Å². The number of hydrogen-bond donors (Lipinski definition) is 1. The fraction of sp³-hybridized carbons (Fsp3) is 0.818. The zero-order valence-electron chi connectivity index (χ0n) is 8.82. The Morgan fingerprint density at radius 1 is 1.07 bits per heavy atom. The van der Waals surface area contributed by atoms with Crippen molar-refractivity contribution >= 4 is 11.9 Å². The van der Waals surface area contributed by atoms with Crippen LogP contribution in [0.5, 0.6) is 0 Å². The van der Waals surface area contributed by atoms with Crippen LogP contribution in [0.3, 0.4) is 0 Å². The first-order valence-corrected chi connectivity index (χ1v) is 5.73. The van der Waals surface area contributed by atoms with E-state index >= 15 is 0 Å². The largest absolute Gasteiger partial charge is 0.480 e. The minimum atomic E-state index is -0.845. The van der Waals surface area contributed by atoms with Crippen LogP contribution in [0.1, 0.15) is 38.5 Å². The minimum Gasteiger partial charge on any atom is -0.480 e. The predicted molar refractivity (Wildman–Crippen MR) is 54.3 cm³/mol. The average Bonchev–Trinajstić information content (AvgIpc) is 2.15. The number of carbonyl (C=O) groups excluding carboxylic acids is 1. The van der Waals surface area contributed by atoms with E-state index in [1.807, 2.05) is 0 Å². The van der Waals surface area contributed by atoms with E-state index in [9.17, 15) is 9.59 Å². The second-order valence-corrected chi connectivity index (χ2v) is 4.51. The molecule has 0 aromatic carbocycles. The number of hydrogen-bond acceptors (Lipinski definition) is 2. The van der Waals surface area contributed by atoms with Gasteiger partial charge in [-0.2, -0.15) is 0 Å². The highest BCUT2D eigenvalue weighted by molar-refractivity contribution is 5.85. The summed E-state index contributed by atoms with van der Waals surface area (Å²) in [6, 6.07) is -0.563. The summed E-state index contributed by atoms with van der Waals surface area (Å²) in [5.74, 6) is -0.652. The Hall–Kier alpha value is -1.06. The van der Waals surface area contributed by atoms with Gasteiger partial charge in [0, 0.05) is 12.5 Å². The maximum absolute atomic E-state index is 12.0. The van der Waals surface area contributed by atoms with Crippen LogP contribution >= 0.6 is 0 Å². The molecule has 2 fully saturated rings. The van der Waals surface area contributed by atoms with E-state index in [1.54, 1.807) is 4.90 Å². The van der Waals surface area contributed by atoms with Crippen LogP contribution in [0.4, 0.5) is 0 Å². The minimum absolute atomic E-state index is 0.0772. The summed E-state index contributed by atoms with van der Waals surface area (Å²) in [7, 11) is 0. The third-order valence-electron chi connectivity index (χ3n) is 3.53. The molecule has 0 aromatic heterocycles. The number of aliphatic carboxylic acids is 1. The van der Waals surface area contributed by atoms with Crippen LogP contribution in [-0.4, -0.2) is 34.5 Å². The molecule has 0 radical (unpaired) electrons. The van der Waals surface area contributed by atoms with Crippen molar-refractivity contribution < 1.29 is 14.7 Å². The lowest BCUT2D eigenvalue weighted by Gasteiger charge is -2.37. The second-order valence-electron chi connectivity index (χ2n) is 4.51. The summed E-state index contributed by atoms with van der Waals surface area (Å²) >= 11 is 0. The Morgan fingerprint density at radius 2 is 1.80 bits per heavy atom. The van der Waals surface area contributed by atoms with Crippen molar-refractivity contribution in [3.8, 4) is 0 Å². The van der Waals surface area contributed by atoms with Crippen LogP contribution in [0.25, 0.3) is 0 Å². The number of piperidine rings is 1. The summed E-state index contributed by atoms with van der Waals surface area (Å²) in [6.07, 6.45) is 5.49. The van der Waals surface area contributed by atoms with Crippen LogP contribution < -0.4 is 0 Å². The van der Waals surface area contributed by atoms with Crippen molar-refractivity contribution in [2.45, 2.75) is 44.6 Å². The van der Waals surface area contributed by atoms with Gasteiger partial charge >= 0.3 is 5.97 Å². The number of carbonyl (C=O) groups is 2. The summed E-state index contributed by atoms with van der Waals surface area (Å²) in [5.41, 5.74) is 0. The van der Waals surface area contributed by atoms with Crippen LogP contribution in [0.15, 0.2) is 0 Å². The predicted octanol–water partition coefficient (Wildman–Crippen LogP) is 1.25. The van der Waals surface area contributed by atoms with Gasteiger partial charge in [0.1, 0.15) is 6.04 Å². The Bertz CT molecular complexity index is 273. The van der Waals surface area contributed by atoms with E-state index in [0.29, 0.717) is 13.0 Å². The molecule has 4 nitrogen and oxygen atoms in total. The molecule has 1 saturated carbocycles. The molecule has 0 bridgehead atoms. The third-order valence-corrected chi connectivity index (χ3v) is 3.53. The summed E-state index contributed by atoms with van der Waals surface area (Å²) < 4.78 is 0. The first-order chi connectivity index (χ1) is 7.20. The van der Waals surface area contributed by atoms with Crippen molar-refractivity contribution in [1.29, 1.82) is 0 Å². The molecule has 1 saturated heterocycles. The van der Waals surface area contributed by atoms with E-state index in [1.165, 1.54) is 0 Å². The Labute approximate surface area is 89.3 Å².